The second-order valence-corrected chi connectivity index (χ2v) is 5.34. The van der Waals surface area contributed by atoms with Crippen LogP contribution in [-0.4, -0.2) is 36.6 Å². The molecule has 0 bridgehead atoms. The number of hydrogen-bond acceptors (Lipinski definition) is 3. The van der Waals surface area contributed by atoms with Crippen molar-refractivity contribution in [3.05, 3.63) is 33.7 Å². The first-order chi connectivity index (χ1) is 8.49. The Kier molecular flexibility index (Phi) is 6.09. The zero-order valence-electron chi connectivity index (χ0n) is 11.9. The number of aryl methyl sites for hydroxylation is 1. The van der Waals surface area contributed by atoms with Crippen molar-refractivity contribution in [1.82, 2.24) is 15.2 Å². The zero-order valence-corrected chi connectivity index (χ0v) is 11.9. The molecule has 0 unspecified atom stereocenters. The van der Waals surface area contributed by atoms with Crippen LogP contribution >= 0.6 is 0 Å². The van der Waals surface area contributed by atoms with Crippen LogP contribution in [0, 0.1) is 12.8 Å². The minimum Gasteiger partial charge on any atom is -0.365 e. The summed E-state index contributed by atoms with van der Waals surface area (Å²) in [5.41, 5.74) is 1.85. The molecule has 2 N–H and O–H groups in total. The van der Waals surface area contributed by atoms with Gasteiger partial charge in [-0.2, -0.15) is 0 Å². The standard InChI is InChI=1S/C14H25N3O/c1-11(2)8-15-5-6-17(4)10-13-9-16-12(3)7-14(13)18/h7,9,11,15H,5-6,8,10H2,1-4H3,(H,16,18). The smallest absolute Gasteiger partial charge is 0.186 e. The van der Waals surface area contributed by atoms with Crippen LogP contribution in [0.15, 0.2) is 17.1 Å². The SMILES string of the molecule is Cc1cc(=O)c(CN(C)CCNCC(C)C)c[nH]1. The molecule has 0 saturated carbocycles. The maximum absolute atomic E-state index is 11.7. The van der Waals surface area contributed by atoms with Crippen LogP contribution in [0.2, 0.25) is 0 Å². The second kappa shape index (κ2) is 7.34. The molecule has 0 radical (unpaired) electrons. The molecule has 0 atom stereocenters. The third-order valence-electron chi connectivity index (χ3n) is 2.80. The van der Waals surface area contributed by atoms with Crippen molar-refractivity contribution in [3.63, 3.8) is 0 Å². The first-order valence-corrected chi connectivity index (χ1v) is 6.56. The summed E-state index contributed by atoms with van der Waals surface area (Å²) in [6.07, 6.45) is 1.82. The Morgan fingerprint density at radius 2 is 2.17 bits per heavy atom. The summed E-state index contributed by atoms with van der Waals surface area (Å²) >= 11 is 0. The molecule has 0 spiro atoms. The summed E-state index contributed by atoms with van der Waals surface area (Å²) < 4.78 is 0. The van der Waals surface area contributed by atoms with Crippen LogP contribution in [0.3, 0.4) is 0 Å². The largest absolute Gasteiger partial charge is 0.365 e. The van der Waals surface area contributed by atoms with Gasteiger partial charge in [0.1, 0.15) is 0 Å². The van der Waals surface area contributed by atoms with E-state index in [4.69, 9.17) is 0 Å². The van der Waals surface area contributed by atoms with E-state index in [9.17, 15) is 4.79 Å². The van der Waals surface area contributed by atoms with Crippen LogP contribution < -0.4 is 10.7 Å². The average molecular weight is 251 g/mol. The zero-order chi connectivity index (χ0) is 13.5. The molecule has 0 amide bonds. The fourth-order valence-electron chi connectivity index (χ4n) is 1.76. The van der Waals surface area contributed by atoms with Gasteiger partial charge in [0, 0.05) is 43.2 Å². The third kappa shape index (κ3) is 5.47. The van der Waals surface area contributed by atoms with Crippen LogP contribution in [0.1, 0.15) is 25.1 Å². The number of nitrogens with one attached hydrogen (secondary N) is 2. The lowest BCUT2D eigenvalue weighted by atomic mass is 10.2. The number of rotatable bonds is 7. The van der Waals surface area contributed by atoms with Crippen LogP contribution in [0.5, 0.6) is 0 Å². The number of aromatic amines is 1. The van der Waals surface area contributed by atoms with E-state index in [2.05, 4.69) is 29.0 Å². The Bertz CT molecular complexity index is 412. The highest BCUT2D eigenvalue weighted by molar-refractivity contribution is 5.13. The molecule has 102 valence electrons. The van der Waals surface area contributed by atoms with Gasteiger partial charge in [0.05, 0.1) is 0 Å². The van der Waals surface area contributed by atoms with Crippen molar-refractivity contribution in [2.75, 3.05) is 26.7 Å². The summed E-state index contributed by atoms with van der Waals surface area (Å²) in [7, 11) is 2.04. The molecule has 0 aliphatic carbocycles. The monoisotopic (exact) mass is 251 g/mol. The molecule has 1 aromatic rings. The minimum atomic E-state index is 0.119. The van der Waals surface area contributed by atoms with E-state index in [1.165, 1.54) is 0 Å². The fourth-order valence-corrected chi connectivity index (χ4v) is 1.76. The first-order valence-electron chi connectivity index (χ1n) is 6.56. The maximum Gasteiger partial charge on any atom is 0.186 e. The normalized spacial score (nSPS) is 11.4. The Hall–Kier alpha value is -1.13. The molecule has 0 aliphatic heterocycles. The van der Waals surface area contributed by atoms with Gasteiger partial charge in [-0.05, 0) is 26.4 Å². The van der Waals surface area contributed by atoms with E-state index in [-0.39, 0.29) is 5.43 Å². The molecular weight excluding hydrogens is 226 g/mol. The molecule has 18 heavy (non-hydrogen) atoms. The number of H-pyrrole nitrogens is 1. The van der Waals surface area contributed by atoms with Crippen LogP contribution in [-0.2, 0) is 6.54 Å². The highest BCUT2D eigenvalue weighted by Gasteiger charge is 2.04. The number of pyridine rings is 1. The summed E-state index contributed by atoms with van der Waals surface area (Å²) in [6.45, 7) is 9.92. The topological polar surface area (TPSA) is 48.1 Å². The van der Waals surface area contributed by atoms with Crippen molar-refractivity contribution >= 4 is 0 Å². The summed E-state index contributed by atoms with van der Waals surface area (Å²) in [5.74, 6) is 0.676. The molecular formula is C14H25N3O. The quantitative estimate of drug-likeness (QED) is 0.719. The van der Waals surface area contributed by atoms with Gasteiger partial charge in [0.2, 0.25) is 0 Å². The molecule has 1 aromatic heterocycles. The van der Waals surface area contributed by atoms with Gasteiger partial charge in [-0.25, -0.2) is 0 Å². The van der Waals surface area contributed by atoms with E-state index in [0.29, 0.717) is 12.5 Å². The van der Waals surface area contributed by atoms with Crippen LogP contribution in [0.4, 0.5) is 0 Å². The van der Waals surface area contributed by atoms with Gasteiger partial charge < -0.3 is 15.2 Å². The summed E-state index contributed by atoms with van der Waals surface area (Å²) in [4.78, 5) is 17.0. The van der Waals surface area contributed by atoms with Crippen molar-refractivity contribution in [1.29, 1.82) is 0 Å². The number of hydrogen-bond donors (Lipinski definition) is 2. The molecule has 0 aliphatic rings. The van der Waals surface area contributed by atoms with Gasteiger partial charge in [0.15, 0.2) is 5.43 Å². The van der Waals surface area contributed by atoms with Gasteiger partial charge in [-0.3, -0.25) is 4.79 Å². The second-order valence-electron chi connectivity index (χ2n) is 5.34. The van der Waals surface area contributed by atoms with E-state index in [1.807, 2.05) is 20.2 Å². The molecule has 4 heteroatoms. The van der Waals surface area contributed by atoms with E-state index < -0.39 is 0 Å². The van der Waals surface area contributed by atoms with Crippen molar-refractivity contribution in [2.45, 2.75) is 27.3 Å². The lowest BCUT2D eigenvalue weighted by Crippen LogP contribution is -2.32. The van der Waals surface area contributed by atoms with Gasteiger partial charge in [0.25, 0.3) is 0 Å². The number of aromatic nitrogens is 1. The first kappa shape index (κ1) is 14.9. The molecule has 1 rings (SSSR count). The maximum atomic E-state index is 11.7. The Labute approximate surface area is 109 Å². The van der Waals surface area contributed by atoms with Crippen molar-refractivity contribution < 1.29 is 0 Å². The highest BCUT2D eigenvalue weighted by Crippen LogP contribution is 1.97. The highest BCUT2D eigenvalue weighted by atomic mass is 16.1. The fraction of sp³-hybridized carbons (Fsp3) is 0.643. The Balaban J connectivity index is 2.35. The Morgan fingerprint density at radius 1 is 1.44 bits per heavy atom. The predicted molar refractivity (Wildman–Crippen MR) is 75.8 cm³/mol. The third-order valence-corrected chi connectivity index (χ3v) is 2.80. The van der Waals surface area contributed by atoms with Crippen molar-refractivity contribution in [3.8, 4) is 0 Å². The van der Waals surface area contributed by atoms with E-state index in [0.717, 1.165) is 30.9 Å². The molecule has 4 nitrogen and oxygen atoms in total. The average Bonchev–Trinajstić information content (AvgIpc) is 2.28. The molecule has 0 fully saturated rings. The number of likely N-dealkylation sites (N-methyl/N-ethyl adjacent to an activating group) is 1. The van der Waals surface area contributed by atoms with Gasteiger partial charge >= 0.3 is 0 Å². The van der Waals surface area contributed by atoms with E-state index >= 15 is 0 Å². The summed E-state index contributed by atoms with van der Waals surface area (Å²) in [6, 6.07) is 1.65. The van der Waals surface area contributed by atoms with Gasteiger partial charge in [-0.1, -0.05) is 13.8 Å². The van der Waals surface area contributed by atoms with Crippen LogP contribution in [0.25, 0.3) is 0 Å². The molecule has 0 aromatic carbocycles. The lowest BCUT2D eigenvalue weighted by molar-refractivity contribution is 0.320. The lowest BCUT2D eigenvalue weighted by Gasteiger charge is -2.17. The van der Waals surface area contributed by atoms with Gasteiger partial charge in [-0.15, -0.1) is 0 Å². The summed E-state index contributed by atoms with van der Waals surface area (Å²) in [5, 5.41) is 3.40. The molecule has 1 heterocycles. The van der Waals surface area contributed by atoms with E-state index in [1.54, 1.807) is 6.07 Å². The van der Waals surface area contributed by atoms with Crippen molar-refractivity contribution in [2.24, 2.45) is 5.92 Å². The number of nitrogens with zero attached hydrogens (tertiary/aromatic N) is 1. The molecule has 0 saturated heterocycles. The predicted octanol–water partition coefficient (Wildman–Crippen LogP) is 1.36. The Morgan fingerprint density at radius 3 is 2.78 bits per heavy atom. The minimum absolute atomic E-state index is 0.119.